The fraction of sp³-hybridized carbons (Fsp3) is 0.200. The maximum absolute atomic E-state index is 11.0. The number of methoxy groups -OCH3 is 1. The van der Waals surface area contributed by atoms with Crippen LogP contribution in [0.5, 0.6) is 5.75 Å². The van der Waals surface area contributed by atoms with Crippen LogP contribution in [0.25, 0.3) is 0 Å². The Morgan fingerprint density at radius 2 is 2.05 bits per heavy atom. The Balaban J connectivity index is 2.16. The molecule has 0 aromatic heterocycles. The lowest BCUT2D eigenvalue weighted by molar-refractivity contribution is -0.385. The van der Waals surface area contributed by atoms with E-state index in [1.165, 1.54) is 13.2 Å². The van der Waals surface area contributed by atoms with Gasteiger partial charge in [0.2, 0.25) is 0 Å². The van der Waals surface area contributed by atoms with Crippen molar-refractivity contribution < 1.29 is 9.66 Å². The smallest absolute Gasteiger partial charge is 0.311 e. The number of rotatable bonds is 5. The van der Waals surface area contributed by atoms with Crippen LogP contribution >= 0.6 is 15.9 Å². The highest BCUT2D eigenvalue weighted by Crippen LogP contribution is 2.28. The van der Waals surface area contributed by atoms with Crippen molar-refractivity contribution in [2.45, 2.75) is 13.5 Å². The van der Waals surface area contributed by atoms with Crippen molar-refractivity contribution in [3.8, 4) is 5.75 Å². The van der Waals surface area contributed by atoms with Gasteiger partial charge in [-0.15, -0.1) is 0 Å². The largest absolute Gasteiger partial charge is 0.490 e. The second-order valence-electron chi connectivity index (χ2n) is 4.60. The number of hydrogen-bond acceptors (Lipinski definition) is 4. The fourth-order valence-corrected chi connectivity index (χ4v) is 2.58. The number of hydrogen-bond donors (Lipinski definition) is 1. The molecule has 0 amide bonds. The summed E-state index contributed by atoms with van der Waals surface area (Å²) < 4.78 is 5.95. The molecule has 1 N–H and O–H groups in total. The molecular weight excluding hydrogens is 336 g/mol. The Morgan fingerprint density at radius 1 is 1.29 bits per heavy atom. The van der Waals surface area contributed by atoms with Gasteiger partial charge in [-0.3, -0.25) is 10.1 Å². The molecule has 0 aliphatic heterocycles. The number of nitro groups is 1. The molecule has 2 rings (SSSR count). The molecule has 110 valence electrons. The number of benzene rings is 2. The molecular formula is C15H15BrN2O3. The monoisotopic (exact) mass is 350 g/mol. The van der Waals surface area contributed by atoms with E-state index in [2.05, 4.69) is 21.2 Å². The highest BCUT2D eigenvalue weighted by atomic mass is 79.9. The first kappa shape index (κ1) is 15.3. The van der Waals surface area contributed by atoms with E-state index in [1.54, 1.807) is 12.1 Å². The van der Waals surface area contributed by atoms with Gasteiger partial charge in [-0.05, 0) is 52.2 Å². The van der Waals surface area contributed by atoms with Crippen molar-refractivity contribution in [1.82, 2.24) is 0 Å². The van der Waals surface area contributed by atoms with Crippen LogP contribution in [0.1, 0.15) is 11.1 Å². The minimum atomic E-state index is -0.440. The van der Waals surface area contributed by atoms with E-state index in [0.29, 0.717) is 6.54 Å². The number of nitrogens with zero attached hydrogens (tertiary/aromatic N) is 1. The maximum Gasteiger partial charge on any atom is 0.311 e. The van der Waals surface area contributed by atoms with Crippen LogP contribution in [0.15, 0.2) is 40.9 Å². The summed E-state index contributed by atoms with van der Waals surface area (Å²) in [6.07, 6.45) is 0. The van der Waals surface area contributed by atoms with E-state index in [-0.39, 0.29) is 11.4 Å². The molecule has 0 aliphatic carbocycles. The SMILES string of the molecule is COc1ccc(CNc2ccc(C)cc2Br)cc1[N+](=O)[O-]. The summed E-state index contributed by atoms with van der Waals surface area (Å²) in [5.41, 5.74) is 2.89. The van der Waals surface area contributed by atoms with Gasteiger partial charge >= 0.3 is 5.69 Å². The van der Waals surface area contributed by atoms with Gasteiger partial charge in [0.05, 0.1) is 12.0 Å². The lowest BCUT2D eigenvalue weighted by Crippen LogP contribution is -2.02. The first-order valence-electron chi connectivity index (χ1n) is 6.32. The predicted octanol–water partition coefficient (Wildman–Crippen LogP) is 4.29. The molecule has 5 nitrogen and oxygen atoms in total. The summed E-state index contributed by atoms with van der Waals surface area (Å²) in [5.74, 6) is 0.264. The van der Waals surface area contributed by atoms with E-state index in [0.717, 1.165) is 21.3 Å². The number of aryl methyl sites for hydroxylation is 1. The molecule has 6 heteroatoms. The molecule has 2 aromatic carbocycles. The third-order valence-electron chi connectivity index (χ3n) is 3.05. The van der Waals surface area contributed by atoms with Gasteiger partial charge < -0.3 is 10.1 Å². The van der Waals surface area contributed by atoms with Crippen molar-refractivity contribution in [2.24, 2.45) is 0 Å². The predicted molar refractivity (Wildman–Crippen MR) is 85.9 cm³/mol. The van der Waals surface area contributed by atoms with Crippen molar-refractivity contribution in [1.29, 1.82) is 0 Å². The quantitative estimate of drug-likeness (QED) is 0.645. The molecule has 21 heavy (non-hydrogen) atoms. The zero-order valence-corrected chi connectivity index (χ0v) is 13.3. The lowest BCUT2D eigenvalue weighted by atomic mass is 10.1. The summed E-state index contributed by atoms with van der Waals surface area (Å²) in [6.45, 7) is 2.51. The summed E-state index contributed by atoms with van der Waals surface area (Å²) in [4.78, 5) is 10.6. The second kappa shape index (κ2) is 6.58. The molecule has 0 bridgehead atoms. The van der Waals surface area contributed by atoms with Crippen molar-refractivity contribution in [2.75, 3.05) is 12.4 Å². The Kier molecular flexibility index (Phi) is 4.80. The van der Waals surface area contributed by atoms with Gasteiger partial charge in [-0.2, -0.15) is 0 Å². The van der Waals surface area contributed by atoms with Crippen LogP contribution in [0.4, 0.5) is 11.4 Å². The highest BCUT2D eigenvalue weighted by Gasteiger charge is 2.15. The number of nitrogens with one attached hydrogen (secondary N) is 1. The molecule has 0 saturated heterocycles. The van der Waals surface area contributed by atoms with E-state index in [4.69, 9.17) is 4.74 Å². The van der Waals surface area contributed by atoms with Crippen LogP contribution < -0.4 is 10.1 Å². The van der Waals surface area contributed by atoms with Gasteiger partial charge in [-0.1, -0.05) is 12.1 Å². The number of halogens is 1. The van der Waals surface area contributed by atoms with E-state index >= 15 is 0 Å². The van der Waals surface area contributed by atoms with Crippen LogP contribution in [0.2, 0.25) is 0 Å². The first-order chi connectivity index (χ1) is 10.0. The Morgan fingerprint density at radius 3 is 2.67 bits per heavy atom. The van der Waals surface area contributed by atoms with Gasteiger partial charge in [0.1, 0.15) is 0 Å². The van der Waals surface area contributed by atoms with Gasteiger partial charge in [0.15, 0.2) is 5.75 Å². The van der Waals surface area contributed by atoms with Crippen LogP contribution in [0, 0.1) is 17.0 Å². The molecule has 0 radical (unpaired) electrons. The zero-order valence-electron chi connectivity index (χ0n) is 11.7. The average molecular weight is 351 g/mol. The number of nitro benzene ring substituents is 1. The molecule has 0 spiro atoms. The van der Waals surface area contributed by atoms with Gasteiger partial charge in [0.25, 0.3) is 0 Å². The Labute approximate surface area is 131 Å². The van der Waals surface area contributed by atoms with Crippen LogP contribution in [0.3, 0.4) is 0 Å². The van der Waals surface area contributed by atoms with Crippen molar-refractivity contribution in [3.63, 3.8) is 0 Å². The molecule has 0 unspecified atom stereocenters. The zero-order chi connectivity index (χ0) is 15.4. The summed E-state index contributed by atoms with van der Waals surface area (Å²) >= 11 is 3.49. The normalized spacial score (nSPS) is 10.2. The highest BCUT2D eigenvalue weighted by molar-refractivity contribution is 9.10. The van der Waals surface area contributed by atoms with E-state index in [1.807, 2.05) is 25.1 Å². The van der Waals surface area contributed by atoms with E-state index in [9.17, 15) is 10.1 Å². The van der Waals surface area contributed by atoms with Gasteiger partial charge in [0, 0.05) is 22.8 Å². The maximum atomic E-state index is 11.0. The molecule has 0 aliphatic rings. The van der Waals surface area contributed by atoms with Gasteiger partial charge in [-0.25, -0.2) is 0 Å². The van der Waals surface area contributed by atoms with Crippen LogP contribution in [-0.2, 0) is 6.54 Å². The molecule has 0 saturated carbocycles. The topological polar surface area (TPSA) is 64.4 Å². The third-order valence-corrected chi connectivity index (χ3v) is 3.70. The minimum Gasteiger partial charge on any atom is -0.490 e. The summed E-state index contributed by atoms with van der Waals surface area (Å²) in [6, 6.07) is 10.9. The molecule has 0 heterocycles. The van der Waals surface area contributed by atoms with Crippen molar-refractivity contribution in [3.05, 3.63) is 62.1 Å². The summed E-state index contributed by atoms with van der Waals surface area (Å²) in [7, 11) is 1.42. The number of ether oxygens (including phenoxy) is 1. The van der Waals surface area contributed by atoms with E-state index < -0.39 is 4.92 Å². The van der Waals surface area contributed by atoms with Crippen molar-refractivity contribution >= 4 is 27.3 Å². The third kappa shape index (κ3) is 3.72. The lowest BCUT2D eigenvalue weighted by Gasteiger charge is -2.10. The molecule has 0 fully saturated rings. The minimum absolute atomic E-state index is 0.0280. The fourth-order valence-electron chi connectivity index (χ4n) is 1.95. The molecule has 2 aromatic rings. The molecule has 0 atom stereocenters. The average Bonchev–Trinajstić information content (AvgIpc) is 2.46. The van der Waals surface area contributed by atoms with Crippen LogP contribution in [-0.4, -0.2) is 12.0 Å². The number of anilines is 1. The second-order valence-corrected chi connectivity index (χ2v) is 5.45. The summed E-state index contributed by atoms with van der Waals surface area (Å²) in [5, 5.41) is 14.2. The Bertz CT molecular complexity index is 674. The Hall–Kier alpha value is -2.08. The first-order valence-corrected chi connectivity index (χ1v) is 7.12. The standard InChI is InChI=1S/C15H15BrN2O3/c1-10-3-5-13(12(16)7-10)17-9-11-4-6-15(21-2)14(8-11)18(19)20/h3-8,17H,9H2,1-2H3.